The Kier molecular flexibility index (Phi) is 8.08. The SMILES string of the molecule is O=C(O)CN(CC(=O)O)c1ccc(NC(=O)c2cc(I)cc(I)c2I)cc1. The van der Waals surface area contributed by atoms with Crippen molar-refractivity contribution in [3.63, 3.8) is 0 Å². The van der Waals surface area contributed by atoms with Gasteiger partial charge in [0.15, 0.2) is 0 Å². The Labute approximate surface area is 195 Å². The van der Waals surface area contributed by atoms with Gasteiger partial charge in [-0.1, -0.05) is 0 Å². The van der Waals surface area contributed by atoms with Crippen molar-refractivity contribution in [2.75, 3.05) is 23.3 Å². The molecule has 7 nitrogen and oxygen atoms in total. The van der Waals surface area contributed by atoms with Crippen molar-refractivity contribution in [3.8, 4) is 0 Å². The highest BCUT2D eigenvalue weighted by molar-refractivity contribution is 14.1. The molecule has 0 fully saturated rings. The highest BCUT2D eigenvalue weighted by Crippen LogP contribution is 2.24. The first kappa shape index (κ1) is 22.1. The third kappa shape index (κ3) is 6.44. The molecule has 0 aliphatic heterocycles. The standard InChI is InChI=1S/C17H13I3N2O5/c18-9-5-12(16(20)13(19)6-9)17(27)21-10-1-3-11(4-2-10)22(7-14(23)24)8-15(25)26/h1-6H,7-8H2,(H,21,27)(H,23,24)(H,25,26). The van der Waals surface area contributed by atoms with Crippen LogP contribution in [0.4, 0.5) is 11.4 Å². The van der Waals surface area contributed by atoms with Gasteiger partial charge in [0.05, 0.1) is 5.56 Å². The molecule has 0 radical (unpaired) electrons. The van der Waals surface area contributed by atoms with Crippen LogP contribution >= 0.6 is 67.8 Å². The zero-order valence-electron chi connectivity index (χ0n) is 13.6. The quantitative estimate of drug-likeness (QED) is 0.300. The number of carbonyl (C=O) groups is 3. The summed E-state index contributed by atoms with van der Waals surface area (Å²) in [4.78, 5) is 35.6. The number of halogens is 3. The number of aliphatic carboxylic acids is 2. The van der Waals surface area contributed by atoms with E-state index in [2.05, 4.69) is 73.1 Å². The van der Waals surface area contributed by atoms with Gasteiger partial charge in [0, 0.05) is 22.1 Å². The van der Waals surface area contributed by atoms with Crippen LogP contribution in [0.1, 0.15) is 10.4 Å². The van der Waals surface area contributed by atoms with Crippen LogP contribution in [-0.4, -0.2) is 41.1 Å². The summed E-state index contributed by atoms with van der Waals surface area (Å²) >= 11 is 6.46. The number of carboxylic acid groups (broad SMARTS) is 2. The molecule has 142 valence electrons. The lowest BCUT2D eigenvalue weighted by molar-refractivity contribution is -0.136. The van der Waals surface area contributed by atoms with Gasteiger partial charge in [0.2, 0.25) is 0 Å². The van der Waals surface area contributed by atoms with Crippen molar-refractivity contribution in [2.45, 2.75) is 0 Å². The molecule has 1 amide bonds. The lowest BCUT2D eigenvalue weighted by Crippen LogP contribution is -2.34. The summed E-state index contributed by atoms with van der Waals surface area (Å²) in [6, 6.07) is 10.1. The average molecular weight is 706 g/mol. The maximum Gasteiger partial charge on any atom is 0.323 e. The average Bonchev–Trinajstić information content (AvgIpc) is 2.57. The van der Waals surface area contributed by atoms with E-state index in [1.807, 2.05) is 6.07 Å². The van der Waals surface area contributed by atoms with E-state index in [0.717, 1.165) is 10.7 Å². The van der Waals surface area contributed by atoms with Gasteiger partial charge in [-0.3, -0.25) is 14.4 Å². The second-order valence-electron chi connectivity index (χ2n) is 5.39. The van der Waals surface area contributed by atoms with Crippen LogP contribution in [0.2, 0.25) is 0 Å². The van der Waals surface area contributed by atoms with Crippen LogP contribution in [0.3, 0.4) is 0 Å². The molecular weight excluding hydrogens is 693 g/mol. The molecular formula is C17H13I3N2O5. The van der Waals surface area contributed by atoms with Gasteiger partial charge >= 0.3 is 11.9 Å². The highest BCUT2D eigenvalue weighted by atomic mass is 127. The predicted octanol–water partition coefficient (Wildman–Crippen LogP) is 3.73. The number of carbonyl (C=O) groups excluding carboxylic acids is 1. The van der Waals surface area contributed by atoms with Crippen molar-refractivity contribution >= 4 is 97.0 Å². The molecule has 10 heteroatoms. The predicted molar refractivity (Wildman–Crippen MR) is 126 cm³/mol. The molecule has 0 unspecified atom stereocenters. The Morgan fingerprint density at radius 1 is 0.926 bits per heavy atom. The zero-order valence-corrected chi connectivity index (χ0v) is 20.1. The molecule has 0 atom stereocenters. The number of nitrogens with one attached hydrogen (secondary N) is 1. The van der Waals surface area contributed by atoms with Crippen LogP contribution in [-0.2, 0) is 9.59 Å². The van der Waals surface area contributed by atoms with Crippen LogP contribution in [0, 0.1) is 10.7 Å². The monoisotopic (exact) mass is 706 g/mol. The van der Waals surface area contributed by atoms with Crippen molar-refractivity contribution in [2.24, 2.45) is 0 Å². The molecule has 0 bridgehead atoms. The molecule has 0 saturated heterocycles. The van der Waals surface area contributed by atoms with Crippen molar-refractivity contribution in [1.82, 2.24) is 0 Å². The van der Waals surface area contributed by atoms with Gasteiger partial charge in [0.1, 0.15) is 13.1 Å². The van der Waals surface area contributed by atoms with Crippen molar-refractivity contribution in [3.05, 3.63) is 52.7 Å². The summed E-state index contributed by atoms with van der Waals surface area (Å²) in [6.45, 7) is -0.867. The molecule has 0 aromatic heterocycles. The Hall–Kier alpha value is -1.16. The van der Waals surface area contributed by atoms with E-state index in [9.17, 15) is 14.4 Å². The minimum Gasteiger partial charge on any atom is -0.480 e. The van der Waals surface area contributed by atoms with E-state index in [0.29, 0.717) is 16.9 Å². The van der Waals surface area contributed by atoms with Crippen LogP contribution in [0.5, 0.6) is 0 Å². The first-order valence-corrected chi connectivity index (χ1v) is 10.7. The molecule has 0 saturated carbocycles. The maximum absolute atomic E-state index is 12.6. The maximum atomic E-state index is 12.6. The summed E-state index contributed by atoms with van der Waals surface area (Å²) in [5, 5.41) is 20.7. The fraction of sp³-hybridized carbons (Fsp3) is 0.118. The Morgan fingerprint density at radius 3 is 2.00 bits per heavy atom. The second-order valence-corrected chi connectivity index (χ2v) is 8.88. The van der Waals surface area contributed by atoms with E-state index in [-0.39, 0.29) is 5.91 Å². The van der Waals surface area contributed by atoms with E-state index in [1.165, 1.54) is 4.90 Å². The zero-order chi connectivity index (χ0) is 20.1. The summed E-state index contributed by atoms with van der Waals surface area (Å²) < 4.78 is 2.80. The first-order chi connectivity index (χ1) is 12.7. The van der Waals surface area contributed by atoms with Gasteiger partial charge in [-0.2, -0.15) is 0 Å². The summed E-state index contributed by atoms with van der Waals surface area (Å²) in [7, 11) is 0. The second kappa shape index (κ2) is 9.86. The molecule has 2 aromatic carbocycles. The van der Waals surface area contributed by atoms with E-state index >= 15 is 0 Å². The van der Waals surface area contributed by atoms with Gasteiger partial charge in [-0.25, -0.2) is 0 Å². The fourth-order valence-corrected chi connectivity index (χ4v) is 4.64. The third-order valence-corrected chi connectivity index (χ3v) is 7.05. The van der Waals surface area contributed by atoms with Crippen LogP contribution < -0.4 is 10.2 Å². The molecule has 2 aromatic rings. The van der Waals surface area contributed by atoms with E-state index in [4.69, 9.17) is 10.2 Å². The number of rotatable bonds is 7. The number of benzene rings is 2. The fourth-order valence-electron chi connectivity index (χ4n) is 2.24. The number of carboxylic acids is 2. The Bertz CT molecular complexity index is 871. The molecule has 0 aliphatic rings. The lowest BCUT2D eigenvalue weighted by atomic mass is 10.2. The van der Waals surface area contributed by atoms with Gasteiger partial charge in [-0.15, -0.1) is 0 Å². The smallest absolute Gasteiger partial charge is 0.323 e. The molecule has 27 heavy (non-hydrogen) atoms. The summed E-state index contributed by atoms with van der Waals surface area (Å²) in [5.41, 5.74) is 1.53. The largest absolute Gasteiger partial charge is 0.480 e. The molecule has 2 rings (SSSR count). The van der Waals surface area contributed by atoms with Crippen LogP contribution in [0.25, 0.3) is 0 Å². The first-order valence-electron chi connectivity index (χ1n) is 7.42. The topological polar surface area (TPSA) is 107 Å². The minimum atomic E-state index is -1.13. The molecule has 0 heterocycles. The number of hydrogen-bond acceptors (Lipinski definition) is 4. The van der Waals surface area contributed by atoms with Crippen LogP contribution in [0.15, 0.2) is 36.4 Å². The minimum absolute atomic E-state index is 0.253. The molecule has 3 N–H and O–H groups in total. The molecule has 0 spiro atoms. The number of nitrogens with zero attached hydrogens (tertiary/aromatic N) is 1. The number of amides is 1. The van der Waals surface area contributed by atoms with E-state index in [1.54, 1.807) is 30.3 Å². The molecule has 0 aliphatic carbocycles. The normalized spacial score (nSPS) is 10.3. The summed E-state index contributed by atoms with van der Waals surface area (Å²) in [6.07, 6.45) is 0. The van der Waals surface area contributed by atoms with Gasteiger partial charge in [-0.05, 0) is 104 Å². The third-order valence-electron chi connectivity index (χ3n) is 3.38. The Balaban J connectivity index is 2.18. The van der Waals surface area contributed by atoms with Crippen molar-refractivity contribution in [1.29, 1.82) is 0 Å². The van der Waals surface area contributed by atoms with Crippen molar-refractivity contribution < 1.29 is 24.6 Å². The van der Waals surface area contributed by atoms with Gasteiger partial charge in [0.25, 0.3) is 5.91 Å². The number of hydrogen-bond donors (Lipinski definition) is 3. The van der Waals surface area contributed by atoms with E-state index < -0.39 is 25.0 Å². The highest BCUT2D eigenvalue weighted by Gasteiger charge is 2.16. The van der Waals surface area contributed by atoms with Gasteiger partial charge < -0.3 is 20.4 Å². The Morgan fingerprint density at radius 2 is 1.48 bits per heavy atom. The summed E-state index contributed by atoms with van der Waals surface area (Å²) in [5.74, 6) is -2.51. The lowest BCUT2D eigenvalue weighted by Gasteiger charge is -2.21. The number of anilines is 2.